The lowest BCUT2D eigenvalue weighted by Crippen LogP contribution is -2.39. The highest BCUT2D eigenvalue weighted by Gasteiger charge is 2.13. The van der Waals surface area contributed by atoms with E-state index in [1.54, 1.807) is 14.2 Å². The Morgan fingerprint density at radius 2 is 1.93 bits per heavy atom. The average Bonchev–Trinajstić information content (AvgIpc) is 3.18. The first-order valence-corrected chi connectivity index (χ1v) is 9.17. The van der Waals surface area contributed by atoms with Crippen molar-refractivity contribution in [3.05, 3.63) is 53.6 Å². The van der Waals surface area contributed by atoms with Crippen molar-refractivity contribution in [2.24, 2.45) is 4.99 Å². The molecule has 2 N–H and O–H groups in total. The highest BCUT2D eigenvalue weighted by atomic mass is 127. The highest BCUT2D eigenvalue weighted by molar-refractivity contribution is 14.0. The molecule has 1 unspecified atom stereocenters. The largest absolute Gasteiger partial charge is 0.496 e. The molecule has 0 bridgehead atoms. The normalized spacial score (nSPS) is 13.5. The number of aliphatic imine (C=N–C) groups is 1. The van der Waals surface area contributed by atoms with E-state index < -0.39 is 0 Å². The molecule has 1 aliphatic rings. The van der Waals surface area contributed by atoms with Crippen LogP contribution in [0.1, 0.15) is 24.0 Å². The van der Waals surface area contributed by atoms with Gasteiger partial charge in [0.15, 0.2) is 17.5 Å². The number of methoxy groups -OCH3 is 1. The predicted octanol–water partition coefficient (Wildman–Crippen LogP) is 3.55. The smallest absolute Gasteiger partial charge is 0.231 e. The third-order valence-corrected chi connectivity index (χ3v) is 4.61. The molecule has 0 radical (unpaired) electrons. The van der Waals surface area contributed by atoms with Crippen molar-refractivity contribution in [3.8, 4) is 17.2 Å². The molecule has 152 valence electrons. The lowest BCUT2D eigenvalue weighted by atomic mass is 10.0. The maximum absolute atomic E-state index is 5.45. The van der Waals surface area contributed by atoms with Crippen LogP contribution >= 0.6 is 24.0 Å². The zero-order valence-electron chi connectivity index (χ0n) is 16.5. The summed E-state index contributed by atoms with van der Waals surface area (Å²) in [6, 6.07) is 14.2. The van der Waals surface area contributed by atoms with Crippen LogP contribution in [0.3, 0.4) is 0 Å². The Bertz CT molecular complexity index is 798. The van der Waals surface area contributed by atoms with E-state index in [0.29, 0.717) is 12.7 Å². The van der Waals surface area contributed by atoms with Crippen molar-refractivity contribution >= 4 is 29.9 Å². The van der Waals surface area contributed by atoms with Crippen LogP contribution in [-0.4, -0.2) is 40.0 Å². The molecule has 0 amide bonds. The van der Waals surface area contributed by atoms with Gasteiger partial charge in [-0.2, -0.15) is 0 Å². The Morgan fingerprint density at radius 3 is 2.71 bits per heavy atom. The molecule has 3 rings (SSSR count). The molecule has 1 heterocycles. The van der Waals surface area contributed by atoms with E-state index in [4.69, 9.17) is 14.2 Å². The number of fused-ring (bicyclic) bond motifs is 1. The number of benzene rings is 2. The molecule has 28 heavy (non-hydrogen) atoms. The molecule has 1 aliphatic heterocycles. The van der Waals surface area contributed by atoms with E-state index in [2.05, 4.69) is 34.7 Å². The molecule has 0 spiro atoms. The van der Waals surface area contributed by atoms with Gasteiger partial charge < -0.3 is 24.8 Å². The lowest BCUT2D eigenvalue weighted by molar-refractivity contribution is 0.174. The van der Waals surface area contributed by atoms with Gasteiger partial charge in [-0.15, -0.1) is 24.0 Å². The Hall–Kier alpha value is -2.16. The van der Waals surface area contributed by atoms with Gasteiger partial charge in [0.05, 0.1) is 7.11 Å². The van der Waals surface area contributed by atoms with Crippen LogP contribution in [0.4, 0.5) is 0 Å². The molecule has 2 aromatic rings. The number of halogens is 1. The zero-order valence-corrected chi connectivity index (χ0v) is 18.9. The fraction of sp³-hybridized carbons (Fsp3) is 0.381. The summed E-state index contributed by atoms with van der Waals surface area (Å²) in [5, 5.41) is 6.74. The van der Waals surface area contributed by atoms with Crippen LogP contribution < -0.4 is 24.8 Å². The van der Waals surface area contributed by atoms with Gasteiger partial charge in [0.1, 0.15) is 5.75 Å². The Balaban J connectivity index is 0.00000280. The topological polar surface area (TPSA) is 64.1 Å². The van der Waals surface area contributed by atoms with E-state index in [-0.39, 0.29) is 24.0 Å². The molecule has 6 nitrogen and oxygen atoms in total. The summed E-state index contributed by atoms with van der Waals surface area (Å²) in [4.78, 5) is 4.30. The number of nitrogens with one attached hydrogen (secondary N) is 2. The highest BCUT2D eigenvalue weighted by Crippen LogP contribution is 2.32. The molecule has 0 saturated heterocycles. The van der Waals surface area contributed by atoms with Gasteiger partial charge in [-0.25, -0.2) is 0 Å². The molecule has 1 atom stereocenters. The van der Waals surface area contributed by atoms with Gasteiger partial charge in [0.2, 0.25) is 6.79 Å². The minimum Gasteiger partial charge on any atom is -0.496 e. The fourth-order valence-electron chi connectivity index (χ4n) is 3.08. The molecule has 0 saturated carbocycles. The summed E-state index contributed by atoms with van der Waals surface area (Å²) < 4.78 is 16.2. The van der Waals surface area contributed by atoms with Crippen molar-refractivity contribution in [1.82, 2.24) is 10.6 Å². The van der Waals surface area contributed by atoms with Gasteiger partial charge in [0, 0.05) is 26.1 Å². The standard InChI is InChI=1S/C21H27N3O3.HI/c1-15(17-6-4-5-7-18(17)25-3)13-24-21(22-2)23-11-10-16-8-9-19-20(12-16)27-14-26-19;/h4-9,12,15H,10-11,13-14H2,1-3H3,(H2,22,23,24);1H. The SMILES string of the molecule is CN=C(NCCc1ccc2c(c1)OCO2)NCC(C)c1ccccc1OC.I. The monoisotopic (exact) mass is 497 g/mol. The fourth-order valence-corrected chi connectivity index (χ4v) is 3.08. The molecular formula is C21H28IN3O3. The van der Waals surface area contributed by atoms with Gasteiger partial charge in [-0.1, -0.05) is 31.2 Å². The molecule has 0 aromatic heterocycles. The maximum Gasteiger partial charge on any atom is 0.231 e. The number of nitrogens with zero attached hydrogens (tertiary/aromatic N) is 1. The van der Waals surface area contributed by atoms with Crippen molar-refractivity contribution in [1.29, 1.82) is 0 Å². The lowest BCUT2D eigenvalue weighted by Gasteiger charge is -2.18. The number of hydrogen-bond acceptors (Lipinski definition) is 4. The Kier molecular flexibility index (Phi) is 8.69. The van der Waals surface area contributed by atoms with Crippen molar-refractivity contribution in [2.75, 3.05) is 34.0 Å². The summed E-state index contributed by atoms with van der Waals surface area (Å²) in [5.41, 5.74) is 2.38. The maximum atomic E-state index is 5.45. The molecule has 0 fully saturated rings. The van der Waals surface area contributed by atoms with Crippen LogP contribution in [0.25, 0.3) is 0 Å². The average molecular weight is 497 g/mol. The second-order valence-electron chi connectivity index (χ2n) is 6.46. The number of hydrogen-bond donors (Lipinski definition) is 2. The van der Waals surface area contributed by atoms with Crippen molar-refractivity contribution in [3.63, 3.8) is 0 Å². The van der Waals surface area contributed by atoms with Crippen molar-refractivity contribution in [2.45, 2.75) is 19.3 Å². The van der Waals surface area contributed by atoms with E-state index in [1.807, 2.05) is 30.3 Å². The van der Waals surface area contributed by atoms with Crippen molar-refractivity contribution < 1.29 is 14.2 Å². The van der Waals surface area contributed by atoms with Gasteiger partial charge >= 0.3 is 0 Å². The minimum absolute atomic E-state index is 0. The van der Waals surface area contributed by atoms with Gasteiger partial charge in [-0.05, 0) is 35.7 Å². The Labute approximate surface area is 183 Å². The van der Waals surface area contributed by atoms with Crippen LogP contribution in [0.15, 0.2) is 47.5 Å². The van der Waals surface area contributed by atoms with Gasteiger partial charge in [-0.3, -0.25) is 4.99 Å². The quantitative estimate of drug-likeness (QED) is 0.348. The summed E-state index contributed by atoms with van der Waals surface area (Å²) in [6.45, 7) is 4.02. The minimum atomic E-state index is 0. The van der Waals surface area contributed by atoms with Crippen LogP contribution in [0.5, 0.6) is 17.2 Å². The first-order valence-electron chi connectivity index (χ1n) is 9.17. The first kappa shape index (κ1) is 22.1. The summed E-state index contributed by atoms with van der Waals surface area (Å²) >= 11 is 0. The summed E-state index contributed by atoms with van der Waals surface area (Å²) in [6.07, 6.45) is 0.874. The van der Waals surface area contributed by atoms with E-state index >= 15 is 0 Å². The van der Waals surface area contributed by atoms with E-state index in [9.17, 15) is 0 Å². The number of para-hydroxylation sites is 1. The number of ether oxygens (including phenoxy) is 3. The second kappa shape index (κ2) is 11.0. The summed E-state index contributed by atoms with van der Waals surface area (Å²) in [7, 11) is 3.49. The molecule has 0 aliphatic carbocycles. The summed E-state index contributed by atoms with van der Waals surface area (Å²) in [5.74, 6) is 3.64. The third kappa shape index (κ3) is 5.67. The first-order chi connectivity index (χ1) is 13.2. The van der Waals surface area contributed by atoms with Crippen LogP contribution in [-0.2, 0) is 6.42 Å². The molecule has 2 aromatic carbocycles. The molecular weight excluding hydrogens is 469 g/mol. The number of rotatable bonds is 7. The van der Waals surface area contributed by atoms with Gasteiger partial charge in [0.25, 0.3) is 0 Å². The predicted molar refractivity (Wildman–Crippen MR) is 122 cm³/mol. The van der Waals surface area contributed by atoms with Crippen LogP contribution in [0.2, 0.25) is 0 Å². The molecule has 7 heteroatoms. The third-order valence-electron chi connectivity index (χ3n) is 4.61. The number of guanidine groups is 1. The zero-order chi connectivity index (χ0) is 19.1. The van der Waals surface area contributed by atoms with E-state index in [0.717, 1.165) is 42.7 Å². The van der Waals surface area contributed by atoms with E-state index in [1.165, 1.54) is 11.1 Å². The van der Waals surface area contributed by atoms with Crippen LogP contribution in [0, 0.1) is 0 Å². The second-order valence-corrected chi connectivity index (χ2v) is 6.46. The Morgan fingerprint density at radius 1 is 1.14 bits per heavy atom.